The van der Waals surface area contributed by atoms with Crippen LogP contribution in [0, 0.1) is 11.8 Å². The average Bonchev–Trinajstić information content (AvgIpc) is 2.45. The predicted molar refractivity (Wildman–Crippen MR) is 72.0 cm³/mol. The lowest BCUT2D eigenvalue weighted by atomic mass is 9.78. The molecule has 1 saturated carbocycles. The number of carboxylic acids is 1. The zero-order chi connectivity index (χ0) is 15.1. The molecule has 1 N–H and O–H groups in total. The van der Waals surface area contributed by atoms with E-state index >= 15 is 0 Å². The maximum absolute atomic E-state index is 12.5. The number of hydrogen-bond donors (Lipinski definition) is 1. The van der Waals surface area contributed by atoms with Crippen LogP contribution in [0.3, 0.4) is 0 Å². The summed E-state index contributed by atoms with van der Waals surface area (Å²) in [4.78, 5) is 36.6. The van der Waals surface area contributed by atoms with Crippen molar-refractivity contribution < 1.29 is 24.2 Å². The number of ether oxygens (including phenoxy) is 1. The lowest BCUT2D eigenvalue weighted by Gasteiger charge is -2.32. The largest absolute Gasteiger partial charge is 0.481 e. The molecule has 0 aromatic heterocycles. The Hall–Kier alpha value is -1.59. The highest BCUT2D eigenvalue weighted by Crippen LogP contribution is 2.31. The van der Waals surface area contributed by atoms with E-state index in [2.05, 4.69) is 4.74 Å². The Morgan fingerprint density at radius 1 is 1.20 bits per heavy atom. The first-order chi connectivity index (χ1) is 9.51. The van der Waals surface area contributed by atoms with Gasteiger partial charge in [-0.1, -0.05) is 19.8 Å². The maximum Gasteiger partial charge on any atom is 0.325 e. The number of nitrogens with zero attached hydrogens (tertiary/aromatic N) is 1. The highest BCUT2D eigenvalue weighted by Gasteiger charge is 2.38. The van der Waals surface area contributed by atoms with Crippen LogP contribution in [-0.4, -0.2) is 48.1 Å². The van der Waals surface area contributed by atoms with Gasteiger partial charge in [-0.05, 0) is 19.3 Å². The fourth-order valence-electron chi connectivity index (χ4n) is 2.71. The van der Waals surface area contributed by atoms with E-state index in [1.807, 2.05) is 6.92 Å². The van der Waals surface area contributed by atoms with Gasteiger partial charge in [-0.3, -0.25) is 14.4 Å². The van der Waals surface area contributed by atoms with E-state index < -0.39 is 23.8 Å². The summed E-state index contributed by atoms with van der Waals surface area (Å²) >= 11 is 0. The first kappa shape index (κ1) is 16.5. The molecule has 20 heavy (non-hydrogen) atoms. The van der Waals surface area contributed by atoms with Crippen molar-refractivity contribution in [2.75, 3.05) is 20.2 Å². The Labute approximate surface area is 119 Å². The highest BCUT2D eigenvalue weighted by atomic mass is 16.5. The zero-order valence-electron chi connectivity index (χ0n) is 12.1. The van der Waals surface area contributed by atoms with Gasteiger partial charge < -0.3 is 14.7 Å². The topological polar surface area (TPSA) is 83.9 Å². The molecule has 2 unspecified atom stereocenters. The molecule has 114 valence electrons. The van der Waals surface area contributed by atoms with Crippen molar-refractivity contribution in [1.29, 1.82) is 0 Å². The summed E-state index contributed by atoms with van der Waals surface area (Å²) in [7, 11) is 1.28. The van der Waals surface area contributed by atoms with E-state index in [4.69, 9.17) is 0 Å². The van der Waals surface area contributed by atoms with Gasteiger partial charge in [-0.2, -0.15) is 0 Å². The lowest BCUT2D eigenvalue weighted by Crippen LogP contribution is -2.45. The van der Waals surface area contributed by atoms with Gasteiger partial charge in [-0.15, -0.1) is 0 Å². The summed E-state index contributed by atoms with van der Waals surface area (Å²) in [6.45, 7) is 2.25. The molecule has 1 amide bonds. The molecule has 2 atom stereocenters. The molecule has 6 heteroatoms. The number of methoxy groups -OCH3 is 1. The minimum absolute atomic E-state index is 0.105. The predicted octanol–water partition coefficient (Wildman–Crippen LogP) is 1.29. The van der Waals surface area contributed by atoms with E-state index in [1.54, 1.807) is 0 Å². The van der Waals surface area contributed by atoms with Crippen LogP contribution >= 0.6 is 0 Å². The molecule has 0 saturated heterocycles. The highest BCUT2D eigenvalue weighted by molar-refractivity contribution is 5.87. The lowest BCUT2D eigenvalue weighted by molar-refractivity contribution is -0.155. The number of carbonyl (C=O) groups is 3. The fourth-order valence-corrected chi connectivity index (χ4v) is 2.71. The van der Waals surface area contributed by atoms with Crippen LogP contribution in [0.25, 0.3) is 0 Å². The minimum atomic E-state index is -0.919. The molecule has 0 aliphatic heterocycles. The number of carboxylic acid groups (broad SMARTS) is 1. The fraction of sp³-hybridized carbons (Fsp3) is 0.786. The van der Waals surface area contributed by atoms with Crippen LogP contribution < -0.4 is 0 Å². The molecule has 0 bridgehead atoms. The molecule has 0 radical (unpaired) electrons. The van der Waals surface area contributed by atoms with Crippen molar-refractivity contribution in [1.82, 2.24) is 4.90 Å². The molecule has 6 nitrogen and oxygen atoms in total. The van der Waals surface area contributed by atoms with Gasteiger partial charge in [0.1, 0.15) is 6.54 Å². The molecular weight excluding hydrogens is 262 g/mol. The van der Waals surface area contributed by atoms with Crippen molar-refractivity contribution in [2.24, 2.45) is 11.8 Å². The van der Waals surface area contributed by atoms with Gasteiger partial charge in [0.2, 0.25) is 5.91 Å². The monoisotopic (exact) mass is 285 g/mol. The maximum atomic E-state index is 12.5. The third-order valence-corrected chi connectivity index (χ3v) is 3.75. The summed E-state index contributed by atoms with van der Waals surface area (Å²) in [6, 6.07) is 0. The molecule has 1 fully saturated rings. The van der Waals surface area contributed by atoms with Gasteiger partial charge in [-0.25, -0.2) is 0 Å². The smallest absolute Gasteiger partial charge is 0.325 e. The minimum Gasteiger partial charge on any atom is -0.481 e. The van der Waals surface area contributed by atoms with Crippen LogP contribution in [0.5, 0.6) is 0 Å². The Bertz CT molecular complexity index is 369. The standard InChI is InChI=1S/C14H23NO5/c1-3-8-15(9-12(16)20-2)13(17)10-6-4-5-7-11(10)14(18)19/h10-11H,3-9H2,1-2H3,(H,18,19). The van der Waals surface area contributed by atoms with Crippen LogP contribution in [0.4, 0.5) is 0 Å². The second-order valence-electron chi connectivity index (χ2n) is 5.17. The van der Waals surface area contributed by atoms with Gasteiger partial charge in [0, 0.05) is 6.54 Å². The summed E-state index contributed by atoms with van der Waals surface area (Å²) in [6.07, 6.45) is 3.53. The Kier molecular flexibility index (Phi) is 6.48. The molecule has 1 aliphatic rings. The second-order valence-corrected chi connectivity index (χ2v) is 5.17. The SMILES string of the molecule is CCCN(CC(=O)OC)C(=O)C1CCCCC1C(=O)O. The molecule has 1 rings (SSSR count). The molecular formula is C14H23NO5. The van der Waals surface area contributed by atoms with E-state index in [0.29, 0.717) is 25.8 Å². The van der Waals surface area contributed by atoms with Crippen molar-refractivity contribution in [3.05, 3.63) is 0 Å². The summed E-state index contributed by atoms with van der Waals surface area (Å²) in [5, 5.41) is 9.23. The van der Waals surface area contributed by atoms with E-state index in [-0.39, 0.29) is 12.5 Å². The Morgan fingerprint density at radius 3 is 2.30 bits per heavy atom. The third kappa shape index (κ3) is 4.21. The third-order valence-electron chi connectivity index (χ3n) is 3.75. The zero-order valence-corrected chi connectivity index (χ0v) is 12.1. The normalized spacial score (nSPS) is 22.1. The van der Waals surface area contributed by atoms with Crippen LogP contribution in [0.1, 0.15) is 39.0 Å². The van der Waals surface area contributed by atoms with Crippen molar-refractivity contribution >= 4 is 17.8 Å². The Balaban J connectivity index is 2.80. The average molecular weight is 285 g/mol. The van der Waals surface area contributed by atoms with Crippen molar-refractivity contribution in [3.8, 4) is 0 Å². The van der Waals surface area contributed by atoms with Crippen LogP contribution in [0.15, 0.2) is 0 Å². The number of rotatable bonds is 6. The number of aliphatic carboxylic acids is 1. The Morgan fingerprint density at radius 2 is 1.80 bits per heavy atom. The summed E-state index contributed by atoms with van der Waals surface area (Å²) in [5.74, 6) is -2.78. The number of amides is 1. The second kappa shape index (κ2) is 7.87. The first-order valence-electron chi connectivity index (χ1n) is 7.09. The number of esters is 1. The van der Waals surface area contributed by atoms with Crippen LogP contribution in [-0.2, 0) is 19.1 Å². The molecule has 0 spiro atoms. The molecule has 0 aromatic carbocycles. The van der Waals surface area contributed by atoms with Gasteiger partial charge in [0.05, 0.1) is 18.9 Å². The van der Waals surface area contributed by atoms with E-state index in [0.717, 1.165) is 12.8 Å². The van der Waals surface area contributed by atoms with Gasteiger partial charge in [0.15, 0.2) is 0 Å². The molecule has 0 aromatic rings. The van der Waals surface area contributed by atoms with Gasteiger partial charge in [0.25, 0.3) is 0 Å². The van der Waals surface area contributed by atoms with Crippen molar-refractivity contribution in [3.63, 3.8) is 0 Å². The number of hydrogen-bond acceptors (Lipinski definition) is 4. The quantitative estimate of drug-likeness (QED) is 0.743. The van der Waals surface area contributed by atoms with Crippen LogP contribution in [0.2, 0.25) is 0 Å². The van der Waals surface area contributed by atoms with E-state index in [1.165, 1.54) is 12.0 Å². The summed E-state index contributed by atoms with van der Waals surface area (Å²) < 4.78 is 4.59. The molecule has 1 aliphatic carbocycles. The molecule has 0 heterocycles. The number of carbonyl (C=O) groups excluding carboxylic acids is 2. The van der Waals surface area contributed by atoms with Crippen molar-refractivity contribution in [2.45, 2.75) is 39.0 Å². The summed E-state index contributed by atoms with van der Waals surface area (Å²) in [5.41, 5.74) is 0. The first-order valence-corrected chi connectivity index (χ1v) is 7.09. The van der Waals surface area contributed by atoms with E-state index in [9.17, 15) is 19.5 Å². The van der Waals surface area contributed by atoms with Gasteiger partial charge >= 0.3 is 11.9 Å².